The number of hydrogen-bond donors (Lipinski definition) is 1. The van der Waals surface area contributed by atoms with E-state index in [9.17, 15) is 9.59 Å². The third-order valence-electron chi connectivity index (χ3n) is 3.59. The average molecular weight is 342 g/mol. The first kappa shape index (κ1) is 17.9. The number of benzene rings is 1. The molecule has 0 aliphatic carbocycles. The van der Waals surface area contributed by atoms with E-state index >= 15 is 0 Å². The van der Waals surface area contributed by atoms with E-state index in [2.05, 4.69) is 5.32 Å². The number of nitrogens with zero attached hydrogens (tertiary/aromatic N) is 1. The van der Waals surface area contributed by atoms with Crippen molar-refractivity contribution in [1.82, 2.24) is 4.90 Å². The molecule has 0 atom stereocenters. The van der Waals surface area contributed by atoms with E-state index in [1.165, 1.54) is 11.0 Å². The zero-order valence-electron chi connectivity index (χ0n) is 14.2. The van der Waals surface area contributed by atoms with Crippen molar-refractivity contribution < 1.29 is 9.59 Å². The molecule has 126 valence electrons. The second kappa shape index (κ2) is 8.45. The number of hydrogen-bond acceptors (Lipinski definition) is 3. The highest BCUT2D eigenvalue weighted by atomic mass is 32.1. The Balaban J connectivity index is 2.04. The molecule has 0 saturated heterocycles. The molecule has 5 heteroatoms. The number of amides is 2. The van der Waals surface area contributed by atoms with Gasteiger partial charge in [-0.15, -0.1) is 11.3 Å². The van der Waals surface area contributed by atoms with Crippen LogP contribution in [0, 0.1) is 6.92 Å². The van der Waals surface area contributed by atoms with Gasteiger partial charge in [0.2, 0.25) is 5.91 Å². The molecule has 1 heterocycles. The quantitative estimate of drug-likeness (QED) is 0.800. The molecule has 0 aliphatic heterocycles. The lowest BCUT2D eigenvalue weighted by molar-refractivity contribution is -0.111. The van der Waals surface area contributed by atoms with E-state index in [4.69, 9.17) is 0 Å². The van der Waals surface area contributed by atoms with Gasteiger partial charge in [-0.1, -0.05) is 6.07 Å². The average Bonchev–Trinajstić information content (AvgIpc) is 3.00. The number of carbonyl (C=O) groups is 2. The minimum absolute atomic E-state index is 0.0271. The molecular weight excluding hydrogens is 320 g/mol. The number of anilines is 1. The summed E-state index contributed by atoms with van der Waals surface area (Å²) < 4.78 is 0. The Kier molecular flexibility index (Phi) is 6.32. The van der Waals surface area contributed by atoms with Crippen molar-refractivity contribution in [2.24, 2.45) is 0 Å². The van der Waals surface area contributed by atoms with Gasteiger partial charge in [0, 0.05) is 40.2 Å². The number of nitrogens with one attached hydrogen (secondary N) is 1. The lowest BCUT2D eigenvalue weighted by Gasteiger charge is -2.18. The van der Waals surface area contributed by atoms with Gasteiger partial charge < -0.3 is 10.2 Å². The topological polar surface area (TPSA) is 49.4 Å². The van der Waals surface area contributed by atoms with Crippen molar-refractivity contribution in [3.8, 4) is 0 Å². The number of carbonyl (C=O) groups excluding carboxylic acids is 2. The Labute approximate surface area is 146 Å². The highest BCUT2D eigenvalue weighted by Gasteiger charge is 2.12. The van der Waals surface area contributed by atoms with Gasteiger partial charge in [-0.2, -0.15) is 0 Å². The molecule has 2 aromatic rings. The summed E-state index contributed by atoms with van der Waals surface area (Å²) in [5.74, 6) is -0.241. The number of aryl methyl sites for hydroxylation is 1. The van der Waals surface area contributed by atoms with Gasteiger partial charge in [-0.25, -0.2) is 0 Å². The van der Waals surface area contributed by atoms with Crippen LogP contribution in [0.3, 0.4) is 0 Å². The first-order valence-electron chi connectivity index (χ1n) is 7.98. The summed E-state index contributed by atoms with van der Waals surface area (Å²) >= 11 is 1.63. The summed E-state index contributed by atoms with van der Waals surface area (Å²) in [6.07, 6.45) is 3.29. The van der Waals surface area contributed by atoms with E-state index in [1.54, 1.807) is 46.6 Å². The zero-order valence-corrected chi connectivity index (χ0v) is 15.0. The van der Waals surface area contributed by atoms with E-state index in [1.807, 2.05) is 32.9 Å². The Morgan fingerprint density at radius 2 is 1.92 bits per heavy atom. The van der Waals surface area contributed by atoms with Gasteiger partial charge in [0.25, 0.3) is 5.91 Å². The summed E-state index contributed by atoms with van der Waals surface area (Å²) in [4.78, 5) is 28.4. The largest absolute Gasteiger partial charge is 0.339 e. The van der Waals surface area contributed by atoms with Crippen molar-refractivity contribution >= 4 is 34.9 Å². The predicted molar refractivity (Wildman–Crippen MR) is 100 cm³/mol. The first-order chi connectivity index (χ1) is 11.5. The Bertz CT molecular complexity index is 745. The lowest BCUT2D eigenvalue weighted by atomic mass is 10.1. The van der Waals surface area contributed by atoms with Gasteiger partial charge in [0.05, 0.1) is 0 Å². The molecule has 0 spiro atoms. The first-order valence-corrected chi connectivity index (χ1v) is 8.80. The fourth-order valence-corrected chi connectivity index (χ4v) is 3.09. The standard InChI is InChI=1S/C19H22N2O2S/c1-4-21(5-2)19(23)15-7-6-8-16(13-15)20-18(22)12-11-17-10-9-14(3)24-17/h6-13H,4-5H2,1-3H3,(H,20,22)/b12-11+. The fraction of sp³-hybridized carbons (Fsp3) is 0.263. The normalized spacial score (nSPS) is 10.8. The van der Waals surface area contributed by atoms with Crippen molar-refractivity contribution in [2.45, 2.75) is 20.8 Å². The second-order valence-corrected chi connectivity index (χ2v) is 6.65. The van der Waals surface area contributed by atoms with Crippen LogP contribution in [-0.2, 0) is 4.79 Å². The van der Waals surface area contributed by atoms with E-state index < -0.39 is 0 Å². The van der Waals surface area contributed by atoms with Crippen LogP contribution >= 0.6 is 11.3 Å². The van der Waals surface area contributed by atoms with Crippen LogP contribution in [0.25, 0.3) is 6.08 Å². The van der Waals surface area contributed by atoms with E-state index in [0.29, 0.717) is 24.3 Å². The molecule has 0 unspecified atom stereocenters. The van der Waals surface area contributed by atoms with E-state index in [0.717, 1.165) is 4.88 Å². The summed E-state index contributed by atoms with van der Waals surface area (Å²) in [5, 5.41) is 2.80. The molecule has 0 aliphatic rings. The van der Waals surface area contributed by atoms with Crippen LogP contribution in [0.5, 0.6) is 0 Å². The Morgan fingerprint density at radius 1 is 1.17 bits per heavy atom. The molecule has 4 nitrogen and oxygen atoms in total. The number of thiophene rings is 1. The summed E-state index contributed by atoms with van der Waals surface area (Å²) in [7, 11) is 0. The molecule has 1 aromatic carbocycles. The third kappa shape index (κ3) is 4.80. The zero-order chi connectivity index (χ0) is 17.5. The van der Waals surface area contributed by atoms with Gasteiger partial charge in [0.15, 0.2) is 0 Å². The van der Waals surface area contributed by atoms with Gasteiger partial charge >= 0.3 is 0 Å². The smallest absolute Gasteiger partial charge is 0.253 e. The molecule has 24 heavy (non-hydrogen) atoms. The summed E-state index contributed by atoms with van der Waals surface area (Å²) in [6.45, 7) is 7.25. The Hall–Kier alpha value is -2.40. The molecule has 0 radical (unpaired) electrons. The maximum Gasteiger partial charge on any atom is 0.253 e. The number of rotatable bonds is 6. The predicted octanol–water partition coefficient (Wildman–Crippen LogP) is 4.19. The van der Waals surface area contributed by atoms with Crippen LogP contribution in [0.15, 0.2) is 42.5 Å². The molecular formula is C19H22N2O2S. The minimum Gasteiger partial charge on any atom is -0.339 e. The molecule has 0 saturated carbocycles. The van der Waals surface area contributed by atoms with Crippen LogP contribution in [0.4, 0.5) is 5.69 Å². The highest BCUT2D eigenvalue weighted by molar-refractivity contribution is 7.12. The molecule has 2 amide bonds. The van der Waals surface area contributed by atoms with Crippen LogP contribution in [-0.4, -0.2) is 29.8 Å². The second-order valence-electron chi connectivity index (χ2n) is 5.33. The van der Waals surface area contributed by atoms with Crippen LogP contribution in [0.2, 0.25) is 0 Å². The van der Waals surface area contributed by atoms with Crippen molar-refractivity contribution in [1.29, 1.82) is 0 Å². The fourth-order valence-electron chi connectivity index (χ4n) is 2.31. The van der Waals surface area contributed by atoms with Gasteiger partial charge in [-0.05, 0) is 57.2 Å². The SMILES string of the molecule is CCN(CC)C(=O)c1cccc(NC(=O)/C=C/c2ccc(C)s2)c1. The maximum atomic E-state index is 12.4. The molecule has 1 aromatic heterocycles. The molecule has 2 rings (SSSR count). The van der Waals surface area contributed by atoms with Gasteiger partial charge in [-0.3, -0.25) is 9.59 Å². The van der Waals surface area contributed by atoms with E-state index in [-0.39, 0.29) is 11.8 Å². The maximum absolute atomic E-state index is 12.4. The van der Waals surface area contributed by atoms with Crippen LogP contribution in [0.1, 0.15) is 34.0 Å². The van der Waals surface area contributed by atoms with Gasteiger partial charge in [0.1, 0.15) is 0 Å². The minimum atomic E-state index is -0.214. The van der Waals surface area contributed by atoms with Crippen molar-refractivity contribution in [3.05, 3.63) is 57.8 Å². The monoisotopic (exact) mass is 342 g/mol. The van der Waals surface area contributed by atoms with Crippen molar-refractivity contribution in [2.75, 3.05) is 18.4 Å². The summed E-state index contributed by atoms with van der Waals surface area (Å²) in [6, 6.07) is 11.0. The Morgan fingerprint density at radius 3 is 2.54 bits per heavy atom. The summed E-state index contributed by atoms with van der Waals surface area (Å²) in [5.41, 5.74) is 1.19. The lowest BCUT2D eigenvalue weighted by Crippen LogP contribution is -2.30. The van der Waals surface area contributed by atoms with Crippen molar-refractivity contribution in [3.63, 3.8) is 0 Å². The third-order valence-corrected chi connectivity index (χ3v) is 4.55. The molecule has 0 bridgehead atoms. The molecule has 0 fully saturated rings. The van der Waals surface area contributed by atoms with Crippen LogP contribution < -0.4 is 5.32 Å². The molecule has 1 N–H and O–H groups in total. The highest BCUT2D eigenvalue weighted by Crippen LogP contribution is 2.17.